The molecule has 2 aromatic rings. The van der Waals surface area contributed by atoms with Crippen molar-refractivity contribution in [2.75, 3.05) is 11.4 Å². The first kappa shape index (κ1) is 13.0. The first-order valence-corrected chi connectivity index (χ1v) is 7.24. The smallest absolute Gasteiger partial charge is 0.132 e. The molecule has 20 heavy (non-hydrogen) atoms. The summed E-state index contributed by atoms with van der Waals surface area (Å²) in [6, 6.07) is 6.67. The lowest BCUT2D eigenvalue weighted by atomic mass is 10.1. The Bertz CT molecular complexity index is 568. The molecule has 4 nitrogen and oxygen atoms in total. The minimum atomic E-state index is 0.388. The van der Waals surface area contributed by atoms with Gasteiger partial charge in [-0.3, -0.25) is 4.98 Å². The Hall–Kier alpha value is -1.97. The zero-order chi connectivity index (χ0) is 13.9. The number of rotatable bonds is 3. The molecular weight excluding hydrogens is 248 g/mol. The van der Waals surface area contributed by atoms with Gasteiger partial charge in [-0.05, 0) is 30.4 Å². The fraction of sp³-hybridized carbons (Fsp3) is 0.438. The zero-order valence-corrected chi connectivity index (χ0v) is 12.0. The average Bonchev–Trinajstić information content (AvgIpc) is 2.98. The molecule has 1 aliphatic rings. The standard InChI is InChI=1S/C16H20N4/c1-12(2)14-9-16(19-11-18-14)20-8-4-6-15(20)13-5-3-7-17-10-13/h3,5,7,9-12,15H,4,6,8H2,1-2H3. The highest BCUT2D eigenvalue weighted by Gasteiger charge is 2.27. The van der Waals surface area contributed by atoms with Crippen LogP contribution < -0.4 is 4.90 Å². The molecule has 0 spiro atoms. The van der Waals surface area contributed by atoms with Gasteiger partial charge >= 0.3 is 0 Å². The van der Waals surface area contributed by atoms with Crippen molar-refractivity contribution in [2.24, 2.45) is 0 Å². The molecule has 0 bridgehead atoms. The van der Waals surface area contributed by atoms with Crippen LogP contribution in [0.4, 0.5) is 5.82 Å². The third-order valence-corrected chi connectivity index (χ3v) is 3.88. The molecule has 0 aromatic carbocycles. The Morgan fingerprint density at radius 2 is 2.20 bits per heavy atom. The first-order valence-electron chi connectivity index (χ1n) is 7.24. The second-order valence-electron chi connectivity index (χ2n) is 5.59. The average molecular weight is 268 g/mol. The highest BCUT2D eigenvalue weighted by Crippen LogP contribution is 2.35. The van der Waals surface area contributed by atoms with E-state index in [0.29, 0.717) is 12.0 Å². The van der Waals surface area contributed by atoms with Crippen LogP contribution >= 0.6 is 0 Å². The summed E-state index contributed by atoms with van der Waals surface area (Å²) in [5.41, 5.74) is 2.38. The summed E-state index contributed by atoms with van der Waals surface area (Å²) >= 11 is 0. The van der Waals surface area contributed by atoms with Crippen LogP contribution in [0, 0.1) is 0 Å². The van der Waals surface area contributed by atoms with Gasteiger partial charge in [0.15, 0.2) is 0 Å². The summed E-state index contributed by atoms with van der Waals surface area (Å²) in [5.74, 6) is 1.46. The quantitative estimate of drug-likeness (QED) is 0.856. The zero-order valence-electron chi connectivity index (χ0n) is 12.0. The minimum Gasteiger partial charge on any atom is -0.349 e. The van der Waals surface area contributed by atoms with Crippen LogP contribution in [0.3, 0.4) is 0 Å². The molecule has 1 unspecified atom stereocenters. The van der Waals surface area contributed by atoms with Gasteiger partial charge in [-0.25, -0.2) is 9.97 Å². The van der Waals surface area contributed by atoms with E-state index in [0.717, 1.165) is 24.5 Å². The van der Waals surface area contributed by atoms with Crippen molar-refractivity contribution >= 4 is 5.82 Å². The van der Waals surface area contributed by atoms with Gasteiger partial charge < -0.3 is 4.90 Å². The third-order valence-electron chi connectivity index (χ3n) is 3.88. The van der Waals surface area contributed by atoms with Gasteiger partial charge in [0.25, 0.3) is 0 Å². The molecule has 3 heterocycles. The van der Waals surface area contributed by atoms with Crippen molar-refractivity contribution in [2.45, 2.75) is 38.6 Å². The SMILES string of the molecule is CC(C)c1cc(N2CCCC2c2cccnc2)ncn1. The first-order chi connectivity index (χ1) is 9.75. The van der Waals surface area contributed by atoms with Crippen LogP contribution in [0.1, 0.15) is 49.9 Å². The largest absolute Gasteiger partial charge is 0.349 e. The number of pyridine rings is 1. The Morgan fingerprint density at radius 1 is 1.30 bits per heavy atom. The fourth-order valence-corrected chi connectivity index (χ4v) is 2.79. The van der Waals surface area contributed by atoms with E-state index in [4.69, 9.17) is 0 Å². The van der Waals surface area contributed by atoms with Gasteiger partial charge in [-0.2, -0.15) is 0 Å². The molecule has 4 heteroatoms. The monoisotopic (exact) mass is 268 g/mol. The molecule has 0 radical (unpaired) electrons. The maximum absolute atomic E-state index is 4.47. The van der Waals surface area contributed by atoms with Crippen LogP contribution in [0.25, 0.3) is 0 Å². The number of aromatic nitrogens is 3. The highest BCUT2D eigenvalue weighted by atomic mass is 15.2. The Labute approximate surface area is 119 Å². The van der Waals surface area contributed by atoms with Crippen molar-refractivity contribution in [1.82, 2.24) is 15.0 Å². The molecule has 1 atom stereocenters. The lowest BCUT2D eigenvalue weighted by molar-refractivity contribution is 0.703. The summed E-state index contributed by atoms with van der Waals surface area (Å²) in [4.78, 5) is 15.5. The van der Waals surface area contributed by atoms with E-state index < -0.39 is 0 Å². The Balaban J connectivity index is 1.91. The van der Waals surface area contributed by atoms with Crippen LogP contribution in [-0.2, 0) is 0 Å². The van der Waals surface area contributed by atoms with E-state index in [1.54, 1.807) is 6.33 Å². The molecule has 3 rings (SSSR count). The predicted octanol–water partition coefficient (Wildman–Crippen LogP) is 3.34. The lowest BCUT2D eigenvalue weighted by Crippen LogP contribution is -2.24. The van der Waals surface area contributed by atoms with Crippen molar-refractivity contribution in [3.05, 3.63) is 48.2 Å². The summed E-state index contributed by atoms with van der Waals surface area (Å²) in [7, 11) is 0. The van der Waals surface area contributed by atoms with Crippen molar-refractivity contribution in [1.29, 1.82) is 0 Å². The van der Waals surface area contributed by atoms with Gasteiger partial charge in [-0.1, -0.05) is 19.9 Å². The number of hydrogen-bond acceptors (Lipinski definition) is 4. The van der Waals surface area contributed by atoms with Gasteiger partial charge in [0.1, 0.15) is 12.1 Å². The van der Waals surface area contributed by atoms with E-state index in [2.05, 4.69) is 45.8 Å². The summed E-state index contributed by atoms with van der Waals surface area (Å²) in [5, 5.41) is 0. The minimum absolute atomic E-state index is 0.388. The Kier molecular flexibility index (Phi) is 3.63. The summed E-state index contributed by atoms with van der Waals surface area (Å²) in [6.45, 7) is 5.37. The molecule has 1 fully saturated rings. The van der Waals surface area contributed by atoms with Crippen molar-refractivity contribution in [3.63, 3.8) is 0 Å². The second kappa shape index (κ2) is 5.57. The van der Waals surface area contributed by atoms with Gasteiger partial charge in [0, 0.05) is 30.7 Å². The van der Waals surface area contributed by atoms with Crippen LogP contribution in [0.5, 0.6) is 0 Å². The molecule has 1 saturated heterocycles. The molecular formula is C16H20N4. The maximum atomic E-state index is 4.47. The molecule has 1 aliphatic heterocycles. The summed E-state index contributed by atoms with van der Waals surface area (Å²) in [6.07, 6.45) is 7.83. The number of nitrogens with zero attached hydrogens (tertiary/aromatic N) is 4. The predicted molar refractivity (Wildman–Crippen MR) is 79.7 cm³/mol. The molecule has 0 saturated carbocycles. The van der Waals surface area contributed by atoms with E-state index >= 15 is 0 Å². The number of anilines is 1. The molecule has 104 valence electrons. The molecule has 0 N–H and O–H groups in total. The fourth-order valence-electron chi connectivity index (χ4n) is 2.79. The second-order valence-corrected chi connectivity index (χ2v) is 5.59. The third kappa shape index (κ3) is 2.50. The Morgan fingerprint density at radius 3 is 2.95 bits per heavy atom. The van der Waals surface area contributed by atoms with E-state index in [-0.39, 0.29) is 0 Å². The lowest BCUT2D eigenvalue weighted by Gasteiger charge is -2.26. The normalized spacial score (nSPS) is 18.8. The topological polar surface area (TPSA) is 41.9 Å². The van der Waals surface area contributed by atoms with Crippen molar-refractivity contribution < 1.29 is 0 Å². The van der Waals surface area contributed by atoms with E-state index in [1.165, 1.54) is 12.0 Å². The highest BCUT2D eigenvalue weighted by molar-refractivity contribution is 5.44. The van der Waals surface area contributed by atoms with Gasteiger partial charge in [0.2, 0.25) is 0 Å². The molecule has 0 aliphatic carbocycles. The molecule has 0 amide bonds. The maximum Gasteiger partial charge on any atom is 0.132 e. The molecule has 2 aromatic heterocycles. The number of hydrogen-bond donors (Lipinski definition) is 0. The van der Waals surface area contributed by atoms with Gasteiger partial charge in [-0.15, -0.1) is 0 Å². The van der Waals surface area contributed by atoms with Crippen LogP contribution in [0.2, 0.25) is 0 Å². The van der Waals surface area contributed by atoms with Gasteiger partial charge in [0.05, 0.1) is 6.04 Å². The van der Waals surface area contributed by atoms with Crippen LogP contribution in [-0.4, -0.2) is 21.5 Å². The van der Waals surface area contributed by atoms with Crippen molar-refractivity contribution in [3.8, 4) is 0 Å². The van der Waals surface area contributed by atoms with E-state index in [1.807, 2.05) is 18.5 Å². The van der Waals surface area contributed by atoms with Crippen LogP contribution in [0.15, 0.2) is 36.9 Å². The summed E-state index contributed by atoms with van der Waals surface area (Å²) < 4.78 is 0. The van der Waals surface area contributed by atoms with E-state index in [9.17, 15) is 0 Å².